The molecule has 1 aliphatic rings. The summed E-state index contributed by atoms with van der Waals surface area (Å²) in [5.41, 5.74) is -0.184. The van der Waals surface area contributed by atoms with Gasteiger partial charge in [0.1, 0.15) is 36.1 Å². The molecule has 1 unspecified atom stereocenters. The van der Waals surface area contributed by atoms with E-state index in [1.54, 1.807) is 24.3 Å². The average Bonchev–Trinajstić information content (AvgIpc) is 2.70. The Bertz CT molecular complexity index is 1330. The fourth-order valence-electron chi connectivity index (χ4n) is 4.28. The molecule has 0 spiro atoms. The van der Waals surface area contributed by atoms with Gasteiger partial charge in [-0.1, -0.05) is 23.7 Å². The van der Waals surface area contributed by atoms with Crippen molar-refractivity contribution >= 4 is 38.2 Å². The lowest BCUT2D eigenvalue weighted by molar-refractivity contribution is 0.0526. The average molecular weight is 494 g/mol. The number of piperidine rings is 1. The van der Waals surface area contributed by atoms with Crippen LogP contribution in [0.1, 0.15) is 17.9 Å². The summed E-state index contributed by atoms with van der Waals surface area (Å²) >= 11 is 6.27. The van der Waals surface area contributed by atoms with Crippen molar-refractivity contribution in [1.82, 2.24) is 4.90 Å². The predicted molar refractivity (Wildman–Crippen MR) is 126 cm³/mol. The fraction of sp³-hybridized carbons (Fsp3) is 0.286. The minimum atomic E-state index is -5.06. The van der Waals surface area contributed by atoms with Gasteiger partial charge in [0.2, 0.25) is 0 Å². The molecule has 12 heteroatoms. The monoisotopic (exact) mass is 493 g/mol. The van der Waals surface area contributed by atoms with Crippen LogP contribution in [-0.2, 0) is 4.57 Å². The van der Waals surface area contributed by atoms with E-state index in [0.717, 1.165) is 12.1 Å². The summed E-state index contributed by atoms with van der Waals surface area (Å²) in [7, 11) is -1.22. The Kier molecular flexibility index (Phi) is 6.35. The van der Waals surface area contributed by atoms with Crippen LogP contribution in [0.5, 0.6) is 11.5 Å². The molecule has 0 saturated carbocycles. The number of phenols is 1. The highest BCUT2D eigenvalue weighted by molar-refractivity contribution is 7.46. The van der Waals surface area contributed by atoms with Gasteiger partial charge in [-0.3, -0.25) is 14.6 Å². The number of phosphoric ester groups is 1. The third kappa shape index (κ3) is 4.68. The second kappa shape index (κ2) is 8.79. The first-order chi connectivity index (χ1) is 15.5. The van der Waals surface area contributed by atoms with Crippen molar-refractivity contribution in [2.45, 2.75) is 24.4 Å². The summed E-state index contributed by atoms with van der Waals surface area (Å²) in [4.78, 5) is 33.7. The van der Waals surface area contributed by atoms with Crippen LogP contribution in [0.4, 0.5) is 0 Å². The lowest BCUT2D eigenvalue weighted by atomic mass is 9.76. The molecule has 1 fully saturated rings. The third-order valence-electron chi connectivity index (χ3n) is 6.00. The van der Waals surface area contributed by atoms with Crippen LogP contribution in [0.15, 0.2) is 45.6 Å². The number of nitrogens with zero attached hydrogens (tertiary/aromatic N) is 1. The number of likely N-dealkylation sites (tertiary alicyclic amines) is 1. The van der Waals surface area contributed by atoms with Crippen LogP contribution < -0.4 is 9.95 Å². The zero-order valence-corrected chi connectivity index (χ0v) is 19.5. The number of benzene rings is 2. The number of likely N-dealkylation sites (N-methyl/N-ethyl adjacent to an activating group) is 1. The number of aromatic hydroxyl groups is 1. The second-order valence-electron chi connectivity index (χ2n) is 8.25. The number of aliphatic hydroxyl groups excluding tert-OH is 1. The molecule has 3 aromatic rings. The van der Waals surface area contributed by atoms with Gasteiger partial charge in [-0.2, -0.15) is 0 Å². The Morgan fingerprint density at radius 3 is 2.64 bits per heavy atom. The van der Waals surface area contributed by atoms with Gasteiger partial charge in [0, 0.05) is 35.7 Å². The quantitative estimate of drug-likeness (QED) is 0.317. The normalized spacial score (nSPS) is 21.9. The molecule has 0 aliphatic carbocycles. The van der Waals surface area contributed by atoms with Crippen LogP contribution in [-0.4, -0.2) is 58.4 Å². The van der Waals surface area contributed by atoms with Crippen LogP contribution in [0.3, 0.4) is 0 Å². The lowest BCUT2D eigenvalue weighted by Gasteiger charge is -2.39. The number of halogens is 1. The summed E-state index contributed by atoms with van der Waals surface area (Å²) in [5.74, 6) is -1.38. The van der Waals surface area contributed by atoms with E-state index in [2.05, 4.69) is 0 Å². The molecule has 0 radical (unpaired) electrons. The third-order valence-corrected chi connectivity index (χ3v) is 6.76. The molecule has 0 amide bonds. The standard InChI is InChI=1S/C21H22BClNO8P/c1-24-9-15(27)11(6-18(24)22)19-13(25)8-17(32-33(28,29)30)20-14(26)7-16(31-21(19)20)10-4-2-3-5-12(10)23/h2-5,7-8,11,15,18,25,27H,6,9,22H2,1H3,(H2,28,29,30)/t11-,15+,18?/m0/s1. The maximum Gasteiger partial charge on any atom is 0.524 e. The van der Waals surface area contributed by atoms with E-state index < -0.39 is 36.8 Å². The first-order valence-electron chi connectivity index (χ1n) is 10.2. The molecule has 1 saturated heterocycles. The number of rotatable bonds is 4. The highest BCUT2D eigenvalue weighted by Crippen LogP contribution is 2.47. The van der Waals surface area contributed by atoms with Gasteiger partial charge in [0.25, 0.3) is 0 Å². The van der Waals surface area contributed by atoms with Crippen LogP contribution >= 0.6 is 19.4 Å². The summed E-state index contributed by atoms with van der Waals surface area (Å²) < 4.78 is 22.3. The van der Waals surface area contributed by atoms with E-state index in [0.29, 0.717) is 23.6 Å². The van der Waals surface area contributed by atoms with Gasteiger partial charge in [-0.05, 0) is 31.5 Å². The zero-order chi connectivity index (χ0) is 24.1. The number of fused-ring (bicyclic) bond motifs is 1. The van der Waals surface area contributed by atoms with Crippen molar-refractivity contribution in [3.63, 3.8) is 0 Å². The molecule has 4 rings (SSSR count). The first-order valence-corrected chi connectivity index (χ1v) is 12.1. The van der Waals surface area contributed by atoms with E-state index in [1.807, 2.05) is 19.8 Å². The number of aliphatic hydroxyl groups is 1. The van der Waals surface area contributed by atoms with Crippen molar-refractivity contribution < 1.29 is 33.5 Å². The largest absolute Gasteiger partial charge is 0.524 e. The molecular formula is C21H22BClNO8P. The van der Waals surface area contributed by atoms with Gasteiger partial charge >= 0.3 is 7.82 Å². The molecule has 0 bridgehead atoms. The van der Waals surface area contributed by atoms with Gasteiger partial charge in [-0.25, -0.2) is 4.57 Å². The number of phosphoric acid groups is 1. The molecule has 2 heterocycles. The molecule has 174 valence electrons. The summed E-state index contributed by atoms with van der Waals surface area (Å²) in [5, 5.41) is 21.7. The number of β-amino-alcohol motifs (C(OH)–C–C–N with tert-alkyl or cyclic N) is 1. The van der Waals surface area contributed by atoms with Gasteiger partial charge in [0.15, 0.2) is 5.43 Å². The molecule has 9 nitrogen and oxygen atoms in total. The summed E-state index contributed by atoms with van der Waals surface area (Å²) in [6.07, 6.45) is -0.442. The minimum absolute atomic E-state index is 0.0531. The maximum atomic E-state index is 13.1. The molecular weight excluding hydrogens is 471 g/mol. The van der Waals surface area contributed by atoms with Gasteiger partial charge in [-0.15, -0.1) is 0 Å². The molecule has 1 aliphatic heterocycles. The van der Waals surface area contributed by atoms with Crippen molar-refractivity contribution in [3.05, 3.63) is 57.2 Å². The lowest BCUT2D eigenvalue weighted by Crippen LogP contribution is -2.47. The zero-order valence-electron chi connectivity index (χ0n) is 17.8. The van der Waals surface area contributed by atoms with Crippen molar-refractivity contribution in [3.8, 4) is 22.8 Å². The highest BCUT2D eigenvalue weighted by atomic mass is 35.5. The molecule has 1 aromatic heterocycles. The van der Waals surface area contributed by atoms with Crippen LogP contribution in [0.2, 0.25) is 5.02 Å². The molecule has 2 aromatic carbocycles. The summed E-state index contributed by atoms with van der Waals surface area (Å²) in [6, 6.07) is 8.80. The number of hydrogen-bond donors (Lipinski definition) is 4. The number of phenolic OH excluding ortho intramolecular Hbond substituents is 1. The van der Waals surface area contributed by atoms with E-state index in [9.17, 15) is 29.4 Å². The Morgan fingerprint density at radius 2 is 1.97 bits per heavy atom. The minimum Gasteiger partial charge on any atom is -0.507 e. The SMILES string of the molecule is BC1C[C@H](c2c(O)cc(OP(=O)(O)O)c3c(=O)cc(-c4ccccc4Cl)oc23)[C@H](O)CN1C. The highest BCUT2D eigenvalue weighted by Gasteiger charge is 2.36. The fourth-order valence-corrected chi connectivity index (χ4v) is 4.91. The Labute approximate surface area is 194 Å². The predicted octanol–water partition coefficient (Wildman–Crippen LogP) is 2.03. The Balaban J connectivity index is 2.04. The first kappa shape index (κ1) is 23.8. The van der Waals surface area contributed by atoms with Crippen molar-refractivity contribution in [2.24, 2.45) is 0 Å². The molecule has 33 heavy (non-hydrogen) atoms. The Hall–Kier alpha value is -2.33. The second-order valence-corrected chi connectivity index (χ2v) is 9.82. The summed E-state index contributed by atoms with van der Waals surface area (Å²) in [6.45, 7) is 0.321. The smallest absolute Gasteiger partial charge is 0.507 e. The van der Waals surface area contributed by atoms with Crippen molar-refractivity contribution in [2.75, 3.05) is 13.6 Å². The Morgan fingerprint density at radius 1 is 1.27 bits per heavy atom. The molecule has 4 N–H and O–H groups in total. The maximum absolute atomic E-state index is 13.1. The number of hydrogen-bond acceptors (Lipinski definition) is 7. The van der Waals surface area contributed by atoms with Gasteiger partial charge in [0.05, 0.1) is 11.1 Å². The molecule has 3 atom stereocenters. The van der Waals surface area contributed by atoms with Crippen molar-refractivity contribution in [1.29, 1.82) is 0 Å². The van der Waals surface area contributed by atoms with E-state index in [1.165, 1.54) is 0 Å². The van der Waals surface area contributed by atoms with E-state index >= 15 is 0 Å². The van der Waals surface area contributed by atoms with Gasteiger partial charge < -0.3 is 24.1 Å². The van der Waals surface area contributed by atoms with Crippen LogP contribution in [0, 0.1) is 0 Å². The van der Waals surface area contributed by atoms with Crippen LogP contribution in [0.25, 0.3) is 22.3 Å². The van der Waals surface area contributed by atoms with E-state index in [-0.39, 0.29) is 28.2 Å². The van der Waals surface area contributed by atoms with E-state index in [4.69, 9.17) is 20.5 Å². The topological polar surface area (TPSA) is 141 Å².